The molecule has 0 radical (unpaired) electrons. The van der Waals surface area contributed by atoms with Crippen LogP contribution in [0, 0.1) is 17.8 Å². The van der Waals surface area contributed by atoms with Gasteiger partial charge in [0.05, 0.1) is 0 Å². The number of nitrogens with zero attached hydrogens (tertiary/aromatic N) is 6. The topological polar surface area (TPSA) is 65.5 Å². The Balaban J connectivity index is 1.31. The summed E-state index contributed by atoms with van der Waals surface area (Å²) in [5.41, 5.74) is 1.33. The third-order valence-electron chi connectivity index (χ3n) is 8.03. The highest BCUT2D eigenvalue weighted by Gasteiger charge is 2.42. The third kappa shape index (κ3) is 3.80. The van der Waals surface area contributed by atoms with Crippen LogP contribution in [0.15, 0.2) is 23.8 Å². The summed E-state index contributed by atoms with van der Waals surface area (Å²) in [6, 6.07) is 0. The number of piperidine rings is 3. The number of ketones is 1. The van der Waals surface area contributed by atoms with Crippen LogP contribution in [0.5, 0.6) is 0 Å². The highest BCUT2D eigenvalue weighted by molar-refractivity contribution is 5.95. The summed E-state index contributed by atoms with van der Waals surface area (Å²) in [5, 5.41) is 0. The molecule has 0 amide bonds. The van der Waals surface area contributed by atoms with Gasteiger partial charge in [0.15, 0.2) is 5.78 Å². The van der Waals surface area contributed by atoms with Crippen molar-refractivity contribution in [3.05, 3.63) is 23.8 Å². The number of anilines is 3. The molecular formula is C25H34N6O. The number of carbonyl (C=O) groups excluding carboxylic acids is 1. The normalized spacial score (nSPS) is 30.2. The Morgan fingerprint density at radius 3 is 1.94 bits per heavy atom. The molecule has 0 aromatic carbocycles. The summed E-state index contributed by atoms with van der Waals surface area (Å²) in [6.45, 7) is 6.01. The van der Waals surface area contributed by atoms with E-state index < -0.39 is 0 Å². The van der Waals surface area contributed by atoms with E-state index in [-0.39, 0.29) is 5.92 Å². The molecule has 6 rings (SSSR count). The molecule has 1 saturated carbocycles. The van der Waals surface area contributed by atoms with Crippen molar-refractivity contribution in [3.63, 3.8) is 0 Å². The number of hydrogen-bond donors (Lipinski definition) is 0. The number of aromatic nitrogens is 3. The maximum atomic E-state index is 12.5. The first-order valence-corrected chi connectivity index (χ1v) is 12.7. The predicted molar refractivity (Wildman–Crippen MR) is 126 cm³/mol. The van der Waals surface area contributed by atoms with Crippen molar-refractivity contribution in [2.24, 2.45) is 17.8 Å². The van der Waals surface area contributed by atoms with Gasteiger partial charge in [-0.1, -0.05) is 17.7 Å². The van der Waals surface area contributed by atoms with Crippen molar-refractivity contribution >= 4 is 23.6 Å². The zero-order chi connectivity index (χ0) is 21.5. The van der Waals surface area contributed by atoms with E-state index in [4.69, 9.17) is 15.0 Å². The summed E-state index contributed by atoms with van der Waals surface area (Å²) in [6.07, 6.45) is 15.5. The Morgan fingerprint density at radius 2 is 1.31 bits per heavy atom. The molecule has 1 aromatic heterocycles. The first kappa shape index (κ1) is 20.2. The van der Waals surface area contributed by atoms with Crippen LogP contribution >= 0.6 is 0 Å². The molecule has 0 spiro atoms. The van der Waals surface area contributed by atoms with Crippen molar-refractivity contribution in [1.82, 2.24) is 15.0 Å². The number of allylic oxidation sites excluding steroid dienone is 3. The Morgan fingerprint density at radius 1 is 0.719 bits per heavy atom. The Kier molecular flexibility index (Phi) is 5.35. The van der Waals surface area contributed by atoms with Gasteiger partial charge in [0, 0.05) is 45.2 Å². The van der Waals surface area contributed by atoms with Gasteiger partial charge >= 0.3 is 0 Å². The number of carbonyl (C=O) groups is 1. The van der Waals surface area contributed by atoms with E-state index >= 15 is 0 Å². The molecule has 1 aromatic rings. The summed E-state index contributed by atoms with van der Waals surface area (Å²) in [7, 11) is 0. The molecule has 4 fully saturated rings. The second-order valence-corrected chi connectivity index (χ2v) is 10.3. The number of hydrogen-bond acceptors (Lipinski definition) is 7. The maximum absolute atomic E-state index is 12.5. The molecule has 4 heterocycles. The standard InChI is InChI=1S/C25H34N6O/c32-22-9-7-8-20-19-14-18(15-21(20)22)16-31(17-19)25-27-23(29-10-3-1-4-11-29)26-24(28-25)30-12-5-2-6-13-30/h7-9,18-19,21H,1-6,10-17H2/t18-,19-,21-/m1/s1. The van der Waals surface area contributed by atoms with Crippen molar-refractivity contribution in [3.8, 4) is 0 Å². The second kappa shape index (κ2) is 8.49. The molecule has 2 aliphatic carbocycles. The van der Waals surface area contributed by atoms with Crippen LogP contribution in [0.3, 0.4) is 0 Å². The number of fused-ring (bicyclic) bond motifs is 4. The molecule has 170 valence electrons. The van der Waals surface area contributed by atoms with Crippen molar-refractivity contribution in [2.45, 2.75) is 51.4 Å². The molecule has 7 nitrogen and oxygen atoms in total. The van der Waals surface area contributed by atoms with Crippen molar-refractivity contribution in [2.75, 3.05) is 54.0 Å². The van der Waals surface area contributed by atoms with E-state index in [1.165, 1.54) is 50.5 Å². The minimum atomic E-state index is 0.108. The molecule has 3 saturated heterocycles. The second-order valence-electron chi connectivity index (χ2n) is 10.3. The van der Waals surface area contributed by atoms with Crippen LogP contribution in [0.1, 0.15) is 51.4 Å². The average Bonchev–Trinajstić information content (AvgIpc) is 2.85. The zero-order valence-corrected chi connectivity index (χ0v) is 19.0. The van der Waals surface area contributed by atoms with Gasteiger partial charge in [0.25, 0.3) is 0 Å². The third-order valence-corrected chi connectivity index (χ3v) is 8.03. The van der Waals surface area contributed by atoms with Crippen LogP contribution < -0.4 is 14.7 Å². The van der Waals surface area contributed by atoms with Gasteiger partial charge < -0.3 is 14.7 Å². The minimum Gasteiger partial charge on any atom is -0.341 e. The van der Waals surface area contributed by atoms with E-state index in [1.54, 1.807) is 6.08 Å². The molecule has 32 heavy (non-hydrogen) atoms. The van der Waals surface area contributed by atoms with Crippen molar-refractivity contribution in [1.29, 1.82) is 0 Å². The number of rotatable bonds is 3. The minimum absolute atomic E-state index is 0.108. The van der Waals surface area contributed by atoms with E-state index in [2.05, 4.69) is 20.8 Å². The van der Waals surface area contributed by atoms with Crippen LogP contribution in [-0.4, -0.2) is 60.0 Å². The SMILES string of the molecule is O=C1C=CC=C2[C@@H]3C[C@H](C[C@@H]12)CN(c1nc(N2CCCCC2)nc(N2CCCCC2)n1)C3. The molecule has 0 unspecified atom stereocenters. The van der Waals surface area contributed by atoms with Gasteiger partial charge in [0.1, 0.15) is 0 Å². The lowest BCUT2D eigenvalue weighted by Gasteiger charge is -2.46. The van der Waals surface area contributed by atoms with Gasteiger partial charge in [-0.25, -0.2) is 0 Å². The summed E-state index contributed by atoms with van der Waals surface area (Å²) < 4.78 is 0. The van der Waals surface area contributed by atoms with E-state index in [0.29, 0.717) is 17.6 Å². The molecule has 2 bridgehead atoms. The monoisotopic (exact) mass is 434 g/mol. The Bertz CT molecular complexity index is 894. The first-order valence-electron chi connectivity index (χ1n) is 12.7. The van der Waals surface area contributed by atoms with Crippen LogP contribution in [0.25, 0.3) is 0 Å². The van der Waals surface area contributed by atoms with Crippen LogP contribution in [0.4, 0.5) is 17.8 Å². The van der Waals surface area contributed by atoms with Gasteiger partial charge in [-0.3, -0.25) is 4.79 Å². The maximum Gasteiger partial charge on any atom is 0.231 e. The molecule has 3 aliphatic heterocycles. The van der Waals surface area contributed by atoms with Gasteiger partial charge in [-0.05, 0) is 69.3 Å². The predicted octanol–water partition coefficient (Wildman–Crippen LogP) is 3.38. The lowest BCUT2D eigenvalue weighted by molar-refractivity contribution is -0.118. The van der Waals surface area contributed by atoms with Gasteiger partial charge in [0.2, 0.25) is 17.8 Å². The molecular weight excluding hydrogens is 400 g/mol. The summed E-state index contributed by atoms with van der Waals surface area (Å²) >= 11 is 0. The largest absolute Gasteiger partial charge is 0.341 e. The van der Waals surface area contributed by atoms with Crippen LogP contribution in [0.2, 0.25) is 0 Å². The van der Waals surface area contributed by atoms with E-state index in [0.717, 1.165) is 63.5 Å². The molecule has 0 N–H and O–H groups in total. The lowest BCUT2D eigenvalue weighted by Crippen LogP contribution is -2.48. The Hall–Kier alpha value is -2.44. The fourth-order valence-electron chi connectivity index (χ4n) is 6.39. The average molecular weight is 435 g/mol. The van der Waals surface area contributed by atoms with E-state index in [1.807, 2.05) is 6.08 Å². The summed E-state index contributed by atoms with van der Waals surface area (Å²) in [5.74, 6) is 3.92. The highest BCUT2D eigenvalue weighted by atomic mass is 16.1. The quantitative estimate of drug-likeness (QED) is 0.722. The fourth-order valence-corrected chi connectivity index (χ4v) is 6.39. The van der Waals surface area contributed by atoms with Gasteiger partial charge in [-0.2, -0.15) is 15.0 Å². The van der Waals surface area contributed by atoms with E-state index in [9.17, 15) is 4.79 Å². The molecule has 7 heteroatoms. The molecule has 5 aliphatic rings. The lowest BCUT2D eigenvalue weighted by atomic mass is 9.66. The van der Waals surface area contributed by atoms with Crippen LogP contribution in [-0.2, 0) is 4.79 Å². The Labute approximate surface area is 190 Å². The fraction of sp³-hybridized carbons (Fsp3) is 0.680. The smallest absolute Gasteiger partial charge is 0.231 e. The molecule has 3 atom stereocenters. The first-order chi connectivity index (χ1) is 15.7. The van der Waals surface area contributed by atoms with Gasteiger partial charge in [-0.15, -0.1) is 0 Å². The summed E-state index contributed by atoms with van der Waals surface area (Å²) in [4.78, 5) is 34.6. The zero-order valence-electron chi connectivity index (χ0n) is 19.0. The highest BCUT2D eigenvalue weighted by Crippen LogP contribution is 2.44. The van der Waals surface area contributed by atoms with Crippen molar-refractivity contribution < 1.29 is 4.79 Å².